The average Bonchev–Trinajstić information content (AvgIpc) is 2.96. The first kappa shape index (κ1) is 16.6. The van der Waals surface area contributed by atoms with E-state index in [4.69, 9.17) is 4.74 Å². The highest BCUT2D eigenvalue weighted by molar-refractivity contribution is 5.78. The summed E-state index contributed by atoms with van der Waals surface area (Å²) in [6, 6.07) is 14.6. The summed E-state index contributed by atoms with van der Waals surface area (Å²) in [5.74, 6) is 1.12. The Balaban J connectivity index is 1.62. The summed E-state index contributed by atoms with van der Waals surface area (Å²) in [5, 5.41) is 3.10. The first-order valence-corrected chi connectivity index (χ1v) is 8.65. The van der Waals surface area contributed by atoms with Crippen molar-refractivity contribution in [2.24, 2.45) is 0 Å². The van der Waals surface area contributed by atoms with Gasteiger partial charge in [0.25, 0.3) is 5.91 Å². The molecular weight excluding hydrogens is 298 g/mol. The number of carbonyl (C=O) groups excluding carboxylic acids is 1. The molecule has 0 spiro atoms. The van der Waals surface area contributed by atoms with Crippen LogP contribution >= 0.6 is 0 Å². The van der Waals surface area contributed by atoms with Gasteiger partial charge < -0.3 is 10.1 Å². The number of hydrogen-bond donors (Lipinski definition) is 1. The van der Waals surface area contributed by atoms with Crippen molar-refractivity contribution in [3.8, 4) is 5.75 Å². The lowest BCUT2D eigenvalue weighted by Gasteiger charge is -2.17. The topological polar surface area (TPSA) is 38.3 Å². The fraction of sp³-hybridized carbons (Fsp3) is 0.381. The lowest BCUT2D eigenvalue weighted by atomic mass is 10.0. The Morgan fingerprint density at radius 2 is 2.04 bits per heavy atom. The minimum atomic E-state index is -0.0621. The highest BCUT2D eigenvalue weighted by Gasteiger charge is 2.23. The average molecular weight is 323 g/mol. The van der Waals surface area contributed by atoms with Crippen LogP contribution in [-0.2, 0) is 11.2 Å². The van der Waals surface area contributed by atoms with Crippen LogP contribution in [0.3, 0.4) is 0 Å². The van der Waals surface area contributed by atoms with E-state index in [1.165, 1.54) is 11.1 Å². The molecule has 0 saturated heterocycles. The van der Waals surface area contributed by atoms with Crippen LogP contribution in [0.5, 0.6) is 5.75 Å². The van der Waals surface area contributed by atoms with Gasteiger partial charge in [0.05, 0.1) is 6.04 Å². The number of amides is 1. The number of nitrogens with one attached hydrogen (secondary N) is 1. The van der Waals surface area contributed by atoms with E-state index in [-0.39, 0.29) is 18.6 Å². The van der Waals surface area contributed by atoms with Crippen molar-refractivity contribution < 1.29 is 9.53 Å². The summed E-state index contributed by atoms with van der Waals surface area (Å²) in [6.45, 7) is 6.36. The van der Waals surface area contributed by atoms with Crippen LogP contribution in [0.25, 0.3) is 0 Å². The molecule has 3 heteroatoms. The summed E-state index contributed by atoms with van der Waals surface area (Å²) in [7, 11) is 0. The third-order valence-electron chi connectivity index (χ3n) is 4.62. The molecular formula is C21H25NO2. The van der Waals surface area contributed by atoms with Crippen LogP contribution in [0.15, 0.2) is 42.5 Å². The fourth-order valence-corrected chi connectivity index (χ4v) is 3.33. The van der Waals surface area contributed by atoms with Gasteiger partial charge in [0.15, 0.2) is 6.61 Å². The number of benzene rings is 2. The molecule has 0 unspecified atom stereocenters. The molecule has 1 aliphatic carbocycles. The number of ether oxygens (including phenoxy) is 1. The minimum absolute atomic E-state index is 0.0574. The van der Waals surface area contributed by atoms with E-state index in [2.05, 4.69) is 49.5 Å². The van der Waals surface area contributed by atoms with Crippen LogP contribution in [0.4, 0.5) is 0 Å². The van der Waals surface area contributed by atoms with Crippen LogP contribution in [-0.4, -0.2) is 12.5 Å². The summed E-state index contributed by atoms with van der Waals surface area (Å²) < 4.78 is 5.83. The number of hydrogen-bond acceptors (Lipinski definition) is 2. The molecule has 24 heavy (non-hydrogen) atoms. The van der Waals surface area contributed by atoms with Crippen molar-refractivity contribution in [3.63, 3.8) is 0 Å². The molecule has 3 nitrogen and oxygen atoms in total. The van der Waals surface area contributed by atoms with Gasteiger partial charge in [-0.2, -0.15) is 0 Å². The predicted octanol–water partition coefficient (Wildman–Crippen LogP) is 4.30. The molecule has 1 N–H and O–H groups in total. The molecule has 0 radical (unpaired) electrons. The summed E-state index contributed by atoms with van der Waals surface area (Å²) >= 11 is 0. The van der Waals surface area contributed by atoms with Crippen LogP contribution < -0.4 is 10.1 Å². The summed E-state index contributed by atoms with van der Waals surface area (Å²) in [6.07, 6.45) is 1.99. The Morgan fingerprint density at radius 1 is 1.25 bits per heavy atom. The van der Waals surface area contributed by atoms with Gasteiger partial charge in [0.1, 0.15) is 5.75 Å². The van der Waals surface area contributed by atoms with E-state index in [1.807, 2.05) is 19.1 Å². The smallest absolute Gasteiger partial charge is 0.258 e. The molecule has 0 bridgehead atoms. The van der Waals surface area contributed by atoms with E-state index in [0.717, 1.165) is 29.7 Å². The Kier molecular flexibility index (Phi) is 4.89. The molecule has 2 aromatic carbocycles. The molecule has 0 heterocycles. The standard InChI is InChI=1S/C21H25NO2/c1-14(2)17-10-8-15(3)12-20(17)24-13-21(23)22-19-11-9-16-6-4-5-7-18(16)19/h4-8,10,12,14,19H,9,11,13H2,1-3H3,(H,22,23)/t19-/m0/s1. The third kappa shape index (κ3) is 3.61. The van der Waals surface area contributed by atoms with Gasteiger partial charge in [-0.1, -0.05) is 50.2 Å². The van der Waals surface area contributed by atoms with Crippen LogP contribution in [0.2, 0.25) is 0 Å². The monoisotopic (exact) mass is 323 g/mol. The van der Waals surface area contributed by atoms with Crippen molar-refractivity contribution in [2.75, 3.05) is 6.61 Å². The van der Waals surface area contributed by atoms with Gasteiger partial charge in [-0.15, -0.1) is 0 Å². The predicted molar refractivity (Wildman–Crippen MR) is 96.4 cm³/mol. The molecule has 3 rings (SSSR count). The van der Waals surface area contributed by atoms with E-state index in [1.54, 1.807) is 0 Å². The lowest BCUT2D eigenvalue weighted by Crippen LogP contribution is -2.31. The second-order valence-electron chi connectivity index (χ2n) is 6.84. The molecule has 0 saturated carbocycles. The molecule has 1 aliphatic rings. The maximum absolute atomic E-state index is 12.3. The van der Waals surface area contributed by atoms with Crippen LogP contribution in [0.1, 0.15) is 54.5 Å². The van der Waals surface area contributed by atoms with Crippen molar-refractivity contribution in [1.29, 1.82) is 0 Å². The highest BCUT2D eigenvalue weighted by atomic mass is 16.5. The second-order valence-corrected chi connectivity index (χ2v) is 6.84. The van der Waals surface area contributed by atoms with E-state index >= 15 is 0 Å². The largest absolute Gasteiger partial charge is 0.483 e. The normalized spacial score (nSPS) is 16.1. The number of rotatable bonds is 5. The molecule has 0 aromatic heterocycles. The summed E-state index contributed by atoms with van der Waals surface area (Å²) in [5.41, 5.74) is 4.85. The van der Waals surface area contributed by atoms with Crippen molar-refractivity contribution in [1.82, 2.24) is 5.32 Å². The Hall–Kier alpha value is -2.29. The van der Waals surface area contributed by atoms with E-state index in [9.17, 15) is 4.79 Å². The lowest BCUT2D eigenvalue weighted by molar-refractivity contribution is -0.123. The van der Waals surface area contributed by atoms with Gasteiger partial charge >= 0.3 is 0 Å². The Labute approximate surface area is 144 Å². The van der Waals surface area contributed by atoms with Crippen molar-refractivity contribution in [3.05, 3.63) is 64.7 Å². The zero-order valence-electron chi connectivity index (χ0n) is 14.6. The Morgan fingerprint density at radius 3 is 2.83 bits per heavy atom. The Bertz CT molecular complexity index is 736. The zero-order chi connectivity index (χ0) is 17.1. The quantitative estimate of drug-likeness (QED) is 0.891. The number of carbonyl (C=O) groups is 1. The van der Waals surface area contributed by atoms with Crippen molar-refractivity contribution >= 4 is 5.91 Å². The first-order chi connectivity index (χ1) is 11.5. The van der Waals surface area contributed by atoms with E-state index in [0.29, 0.717) is 5.92 Å². The van der Waals surface area contributed by atoms with Crippen LogP contribution in [0, 0.1) is 6.92 Å². The second kappa shape index (κ2) is 7.08. The third-order valence-corrected chi connectivity index (χ3v) is 4.62. The molecule has 0 fully saturated rings. The molecule has 1 atom stereocenters. The SMILES string of the molecule is Cc1ccc(C(C)C)c(OCC(=O)N[C@H]2CCc3ccccc32)c1. The minimum Gasteiger partial charge on any atom is -0.483 e. The van der Waals surface area contributed by atoms with Gasteiger partial charge in [-0.3, -0.25) is 4.79 Å². The maximum atomic E-state index is 12.3. The highest BCUT2D eigenvalue weighted by Crippen LogP contribution is 2.31. The fourth-order valence-electron chi connectivity index (χ4n) is 3.33. The van der Waals surface area contributed by atoms with E-state index < -0.39 is 0 Å². The first-order valence-electron chi connectivity index (χ1n) is 8.65. The van der Waals surface area contributed by atoms with Crippen molar-refractivity contribution in [2.45, 2.75) is 45.6 Å². The summed E-state index contributed by atoms with van der Waals surface area (Å²) in [4.78, 5) is 12.3. The molecule has 2 aromatic rings. The molecule has 126 valence electrons. The van der Waals surface area contributed by atoms with Gasteiger partial charge in [0.2, 0.25) is 0 Å². The molecule has 0 aliphatic heterocycles. The number of aryl methyl sites for hydroxylation is 2. The van der Waals surface area contributed by atoms with Gasteiger partial charge in [0, 0.05) is 0 Å². The zero-order valence-corrected chi connectivity index (χ0v) is 14.6. The van der Waals surface area contributed by atoms with Gasteiger partial charge in [-0.25, -0.2) is 0 Å². The maximum Gasteiger partial charge on any atom is 0.258 e. The van der Waals surface area contributed by atoms with Gasteiger partial charge in [-0.05, 0) is 54.0 Å². The number of fused-ring (bicyclic) bond motifs is 1. The molecule has 1 amide bonds.